The van der Waals surface area contributed by atoms with Crippen molar-refractivity contribution in [3.8, 4) is 5.75 Å². The van der Waals surface area contributed by atoms with Crippen molar-refractivity contribution in [2.24, 2.45) is 5.10 Å². The number of benzene rings is 2. The highest BCUT2D eigenvalue weighted by Crippen LogP contribution is 2.11. The molecule has 2 rings (SSSR count). The van der Waals surface area contributed by atoms with E-state index in [4.69, 9.17) is 16.3 Å². The van der Waals surface area contributed by atoms with Crippen molar-refractivity contribution in [3.63, 3.8) is 0 Å². The molecule has 0 aliphatic carbocycles. The van der Waals surface area contributed by atoms with Gasteiger partial charge in [0, 0.05) is 17.3 Å². The van der Waals surface area contributed by atoms with Crippen LogP contribution in [0.4, 0.5) is 0 Å². The second-order valence-electron chi connectivity index (χ2n) is 5.99. The third kappa shape index (κ3) is 7.50. The zero-order valence-electron chi connectivity index (χ0n) is 15.3. The fourth-order valence-corrected chi connectivity index (χ4v) is 2.39. The van der Waals surface area contributed by atoms with Crippen molar-refractivity contribution in [2.45, 2.75) is 26.3 Å². The third-order valence-electron chi connectivity index (χ3n) is 3.71. The molecule has 0 fully saturated rings. The summed E-state index contributed by atoms with van der Waals surface area (Å²) in [5.74, 6) is 0.314. The maximum absolute atomic E-state index is 11.9. The molecule has 0 aromatic heterocycles. The molecule has 7 heteroatoms. The molecule has 0 aliphatic heterocycles. The molecule has 0 radical (unpaired) electrons. The number of nitrogens with one attached hydrogen (secondary N) is 2. The van der Waals surface area contributed by atoms with Crippen molar-refractivity contribution in [1.29, 1.82) is 0 Å². The Morgan fingerprint density at radius 2 is 1.63 bits per heavy atom. The monoisotopic (exact) mass is 387 g/mol. The molecule has 0 aliphatic rings. The Hall–Kier alpha value is -2.86. The summed E-state index contributed by atoms with van der Waals surface area (Å²) in [5, 5.41) is 7.43. The van der Waals surface area contributed by atoms with Gasteiger partial charge >= 0.3 is 0 Å². The Morgan fingerprint density at radius 1 is 1.00 bits per heavy atom. The molecule has 0 saturated heterocycles. The first-order valence-corrected chi connectivity index (χ1v) is 8.80. The SMILES string of the molecule is COc1ccc(CC(=O)N/N=C(\C)CC(=O)NCc2ccc(Cl)cc2)cc1. The van der Waals surface area contributed by atoms with Crippen LogP contribution in [0.3, 0.4) is 0 Å². The van der Waals surface area contributed by atoms with Crippen LogP contribution in [0, 0.1) is 0 Å². The third-order valence-corrected chi connectivity index (χ3v) is 3.97. The standard InChI is InChI=1S/C20H22ClN3O3/c1-14(11-19(25)22-13-16-3-7-17(21)8-4-16)23-24-20(26)12-15-5-9-18(27-2)10-6-15/h3-10H,11-13H2,1-2H3,(H,22,25)(H,24,26)/b23-14+. The van der Waals surface area contributed by atoms with Crippen LogP contribution in [0.15, 0.2) is 53.6 Å². The van der Waals surface area contributed by atoms with E-state index >= 15 is 0 Å². The number of rotatable bonds is 8. The molecule has 2 aromatic carbocycles. The number of carbonyl (C=O) groups is 2. The fraction of sp³-hybridized carbons (Fsp3) is 0.250. The van der Waals surface area contributed by atoms with Gasteiger partial charge in [0.15, 0.2) is 0 Å². The molecule has 0 spiro atoms. The zero-order valence-corrected chi connectivity index (χ0v) is 16.0. The van der Waals surface area contributed by atoms with Gasteiger partial charge in [-0.25, -0.2) is 5.43 Å². The number of hydrazone groups is 1. The normalized spacial score (nSPS) is 11.0. The number of carbonyl (C=O) groups excluding carboxylic acids is 2. The summed E-state index contributed by atoms with van der Waals surface area (Å²) in [6.07, 6.45) is 0.305. The van der Waals surface area contributed by atoms with Gasteiger partial charge in [-0.15, -0.1) is 0 Å². The molecule has 6 nitrogen and oxygen atoms in total. The van der Waals surface area contributed by atoms with Gasteiger partial charge in [0.05, 0.1) is 20.0 Å². The molecule has 27 heavy (non-hydrogen) atoms. The molecule has 0 bridgehead atoms. The summed E-state index contributed by atoms with van der Waals surface area (Å²) in [6.45, 7) is 2.10. The first kappa shape index (κ1) is 20.5. The van der Waals surface area contributed by atoms with E-state index in [1.54, 1.807) is 38.3 Å². The van der Waals surface area contributed by atoms with Crippen LogP contribution in [0.2, 0.25) is 5.02 Å². The number of amides is 2. The van der Waals surface area contributed by atoms with Gasteiger partial charge in [0.2, 0.25) is 11.8 Å². The van der Waals surface area contributed by atoms with Gasteiger partial charge in [0.1, 0.15) is 5.75 Å². The predicted molar refractivity (Wildman–Crippen MR) is 106 cm³/mol. The van der Waals surface area contributed by atoms with Crippen LogP contribution in [-0.4, -0.2) is 24.6 Å². The lowest BCUT2D eigenvalue weighted by molar-refractivity contribution is -0.121. The van der Waals surface area contributed by atoms with Crippen LogP contribution in [0.1, 0.15) is 24.5 Å². The minimum atomic E-state index is -0.249. The fourth-order valence-electron chi connectivity index (χ4n) is 2.26. The van der Waals surface area contributed by atoms with Gasteiger partial charge in [-0.05, 0) is 42.3 Å². The van der Waals surface area contributed by atoms with Crippen molar-refractivity contribution < 1.29 is 14.3 Å². The molecule has 0 saturated carbocycles. The number of nitrogens with zero attached hydrogens (tertiary/aromatic N) is 1. The zero-order chi connectivity index (χ0) is 19.6. The second-order valence-corrected chi connectivity index (χ2v) is 6.42. The van der Waals surface area contributed by atoms with Gasteiger partial charge in [0.25, 0.3) is 0 Å². The van der Waals surface area contributed by atoms with Crippen LogP contribution in [0.5, 0.6) is 5.75 Å². The van der Waals surface area contributed by atoms with E-state index in [1.807, 2.05) is 24.3 Å². The average molecular weight is 388 g/mol. The van der Waals surface area contributed by atoms with E-state index in [9.17, 15) is 9.59 Å². The van der Waals surface area contributed by atoms with Crippen molar-refractivity contribution in [2.75, 3.05) is 7.11 Å². The Balaban J connectivity index is 1.74. The number of ether oxygens (including phenoxy) is 1. The Bertz CT molecular complexity index is 802. The van der Waals surface area contributed by atoms with E-state index in [0.29, 0.717) is 17.3 Å². The molecular formula is C20H22ClN3O3. The van der Waals surface area contributed by atoms with Crippen molar-refractivity contribution >= 4 is 29.1 Å². The minimum Gasteiger partial charge on any atom is -0.497 e. The lowest BCUT2D eigenvalue weighted by Crippen LogP contribution is -2.26. The smallest absolute Gasteiger partial charge is 0.244 e. The minimum absolute atomic E-state index is 0.108. The molecule has 0 atom stereocenters. The van der Waals surface area contributed by atoms with Crippen molar-refractivity contribution in [3.05, 3.63) is 64.7 Å². The van der Waals surface area contributed by atoms with E-state index in [1.165, 1.54) is 0 Å². The Morgan fingerprint density at radius 3 is 2.26 bits per heavy atom. The van der Waals surface area contributed by atoms with Crippen LogP contribution in [-0.2, 0) is 22.6 Å². The van der Waals surface area contributed by atoms with Gasteiger partial charge in [-0.1, -0.05) is 35.9 Å². The average Bonchev–Trinajstić information content (AvgIpc) is 2.66. The highest BCUT2D eigenvalue weighted by molar-refractivity contribution is 6.30. The van der Waals surface area contributed by atoms with Crippen LogP contribution in [0.25, 0.3) is 0 Å². The van der Waals surface area contributed by atoms with Gasteiger partial charge < -0.3 is 10.1 Å². The summed E-state index contributed by atoms with van der Waals surface area (Å²) < 4.78 is 5.08. The van der Waals surface area contributed by atoms with Crippen LogP contribution >= 0.6 is 11.6 Å². The number of hydrogen-bond acceptors (Lipinski definition) is 4. The molecular weight excluding hydrogens is 366 g/mol. The lowest BCUT2D eigenvalue weighted by Gasteiger charge is -2.06. The first-order valence-electron chi connectivity index (χ1n) is 8.42. The van der Waals surface area contributed by atoms with Crippen molar-refractivity contribution in [1.82, 2.24) is 10.7 Å². The van der Waals surface area contributed by atoms with Gasteiger partial charge in [-0.2, -0.15) is 5.10 Å². The summed E-state index contributed by atoms with van der Waals surface area (Å²) in [6, 6.07) is 14.5. The maximum Gasteiger partial charge on any atom is 0.244 e. The summed E-state index contributed by atoms with van der Waals surface area (Å²) >= 11 is 5.82. The van der Waals surface area contributed by atoms with Gasteiger partial charge in [-0.3, -0.25) is 9.59 Å². The molecule has 142 valence electrons. The highest BCUT2D eigenvalue weighted by atomic mass is 35.5. The number of methoxy groups -OCH3 is 1. The highest BCUT2D eigenvalue weighted by Gasteiger charge is 2.06. The lowest BCUT2D eigenvalue weighted by atomic mass is 10.1. The van der Waals surface area contributed by atoms with E-state index in [0.717, 1.165) is 16.9 Å². The second kappa shape index (κ2) is 10.3. The topological polar surface area (TPSA) is 79.8 Å². The summed E-state index contributed by atoms with van der Waals surface area (Å²) in [4.78, 5) is 23.9. The van der Waals surface area contributed by atoms with E-state index in [2.05, 4.69) is 15.8 Å². The number of halogens is 1. The summed E-state index contributed by atoms with van der Waals surface area (Å²) in [5.41, 5.74) is 4.79. The predicted octanol–water partition coefficient (Wildman–Crippen LogP) is 3.09. The first-order chi connectivity index (χ1) is 13.0. The molecule has 2 N–H and O–H groups in total. The van der Waals surface area contributed by atoms with E-state index in [-0.39, 0.29) is 24.7 Å². The molecule has 0 unspecified atom stereocenters. The van der Waals surface area contributed by atoms with E-state index < -0.39 is 0 Å². The number of hydrogen-bond donors (Lipinski definition) is 2. The molecule has 2 aromatic rings. The molecule has 2 amide bonds. The van der Waals surface area contributed by atoms with Crippen LogP contribution < -0.4 is 15.5 Å². The Labute approximate surface area is 163 Å². The maximum atomic E-state index is 11.9. The largest absolute Gasteiger partial charge is 0.497 e. The quantitative estimate of drug-likeness (QED) is 0.539. The Kier molecular flexibility index (Phi) is 7.82. The summed E-state index contributed by atoms with van der Waals surface area (Å²) in [7, 11) is 1.59. The molecule has 0 heterocycles.